The van der Waals surface area contributed by atoms with Gasteiger partial charge in [-0.15, -0.1) is 11.3 Å². The summed E-state index contributed by atoms with van der Waals surface area (Å²) in [6.07, 6.45) is 11.4. The van der Waals surface area contributed by atoms with Crippen molar-refractivity contribution in [2.24, 2.45) is 11.8 Å². The minimum absolute atomic E-state index is 0.0839. The van der Waals surface area contributed by atoms with Crippen LogP contribution in [0.15, 0.2) is 164 Å². The minimum atomic E-state index is -0.0839. The number of thiophene rings is 1. The molecule has 1 aromatic heterocycles. The Bertz CT molecular complexity index is 2810. The minimum Gasteiger partial charge on any atom is -0.310 e. The number of para-hydroxylation sites is 3. The molecule has 58 heavy (non-hydrogen) atoms. The van der Waals surface area contributed by atoms with Gasteiger partial charge in [0.15, 0.2) is 0 Å². The summed E-state index contributed by atoms with van der Waals surface area (Å²) in [5.41, 5.74) is 15.4. The van der Waals surface area contributed by atoms with Gasteiger partial charge in [0.25, 0.3) is 0 Å². The van der Waals surface area contributed by atoms with E-state index in [4.69, 9.17) is 0 Å². The van der Waals surface area contributed by atoms with Crippen LogP contribution in [0.4, 0.5) is 34.1 Å². The van der Waals surface area contributed by atoms with Gasteiger partial charge in [-0.1, -0.05) is 122 Å². The zero-order chi connectivity index (χ0) is 38.2. The van der Waals surface area contributed by atoms with Crippen LogP contribution in [0.5, 0.6) is 0 Å². The van der Waals surface area contributed by atoms with E-state index in [0.29, 0.717) is 17.8 Å². The van der Waals surface area contributed by atoms with Crippen LogP contribution < -0.4 is 9.80 Å². The van der Waals surface area contributed by atoms with Crippen molar-refractivity contribution >= 4 is 65.6 Å². The third kappa shape index (κ3) is 5.15. The molecule has 12 rings (SSSR count). The molecule has 0 bridgehead atoms. The van der Waals surface area contributed by atoms with Crippen LogP contribution in [-0.2, 0) is 18.3 Å². The van der Waals surface area contributed by atoms with Crippen molar-refractivity contribution in [2.45, 2.75) is 69.1 Å². The first-order chi connectivity index (χ1) is 28.8. The van der Waals surface area contributed by atoms with Gasteiger partial charge in [0, 0.05) is 48.3 Å². The molecule has 2 nitrogen and oxygen atoms in total. The number of rotatable bonds is 7. The van der Waals surface area contributed by atoms with E-state index in [-0.39, 0.29) is 5.41 Å². The number of anilines is 6. The average molecular weight is 769 g/mol. The first-order valence-electron chi connectivity index (χ1n) is 21.7. The van der Waals surface area contributed by atoms with Crippen molar-refractivity contribution in [2.75, 3.05) is 9.80 Å². The van der Waals surface area contributed by atoms with Crippen molar-refractivity contribution in [1.29, 1.82) is 0 Å². The molecule has 4 aliphatic rings. The van der Waals surface area contributed by atoms with Gasteiger partial charge in [0.2, 0.25) is 0 Å². The maximum Gasteiger partial charge on any atom is 0.0505 e. The number of nitrogens with zero attached hydrogens (tertiary/aromatic N) is 2. The largest absolute Gasteiger partial charge is 0.310 e. The normalized spacial score (nSPS) is 20.8. The second-order valence-corrected chi connectivity index (χ2v) is 18.5. The number of hydrogen-bond acceptors (Lipinski definition) is 3. The molecule has 0 amide bonds. The van der Waals surface area contributed by atoms with Crippen LogP contribution in [0.25, 0.3) is 20.2 Å². The highest BCUT2D eigenvalue weighted by molar-refractivity contribution is 7.25. The quantitative estimate of drug-likeness (QED) is 0.159. The lowest BCUT2D eigenvalue weighted by Gasteiger charge is -2.40. The number of fused-ring (bicyclic) bond motifs is 5. The highest BCUT2D eigenvalue weighted by Crippen LogP contribution is 2.69. The topological polar surface area (TPSA) is 6.48 Å². The molecule has 1 spiro atoms. The molecule has 1 heterocycles. The van der Waals surface area contributed by atoms with Crippen LogP contribution in [0.1, 0.15) is 78.7 Å². The van der Waals surface area contributed by atoms with E-state index in [0.717, 1.165) is 12.8 Å². The highest BCUT2D eigenvalue weighted by Gasteiger charge is 2.62. The van der Waals surface area contributed by atoms with Crippen LogP contribution in [-0.4, -0.2) is 0 Å². The predicted molar refractivity (Wildman–Crippen MR) is 245 cm³/mol. The monoisotopic (exact) mass is 768 g/mol. The van der Waals surface area contributed by atoms with Gasteiger partial charge in [0.1, 0.15) is 0 Å². The van der Waals surface area contributed by atoms with Crippen molar-refractivity contribution in [1.82, 2.24) is 0 Å². The molecule has 0 N–H and O–H groups in total. The van der Waals surface area contributed by atoms with Crippen molar-refractivity contribution in [3.63, 3.8) is 0 Å². The summed E-state index contributed by atoms with van der Waals surface area (Å²) in [6.45, 7) is 0. The fraction of sp³-hybridized carbons (Fsp3) is 0.236. The van der Waals surface area contributed by atoms with E-state index in [9.17, 15) is 0 Å². The van der Waals surface area contributed by atoms with Crippen LogP contribution in [0.2, 0.25) is 0 Å². The zero-order valence-electron chi connectivity index (χ0n) is 33.0. The first-order valence-corrected chi connectivity index (χ1v) is 22.5. The summed E-state index contributed by atoms with van der Waals surface area (Å²) < 4.78 is 2.69. The summed E-state index contributed by atoms with van der Waals surface area (Å²) in [4.78, 5) is 5.28. The molecular formula is C55H48N2S. The van der Waals surface area contributed by atoms with Gasteiger partial charge >= 0.3 is 0 Å². The molecule has 3 unspecified atom stereocenters. The Kier molecular flexibility index (Phi) is 8.15. The molecule has 3 heteroatoms. The lowest BCUT2D eigenvalue weighted by atomic mass is 9.68. The predicted octanol–water partition coefficient (Wildman–Crippen LogP) is 15.5. The molecule has 3 atom stereocenters. The van der Waals surface area contributed by atoms with Gasteiger partial charge in [-0.2, -0.15) is 0 Å². The zero-order valence-corrected chi connectivity index (χ0v) is 33.8. The summed E-state index contributed by atoms with van der Waals surface area (Å²) in [7, 11) is 0. The van der Waals surface area contributed by atoms with E-state index in [1.54, 1.807) is 16.7 Å². The Hall–Kier alpha value is -5.64. The van der Waals surface area contributed by atoms with Crippen LogP contribution in [0.3, 0.4) is 0 Å². The van der Waals surface area contributed by atoms with Crippen LogP contribution >= 0.6 is 11.3 Å². The molecule has 0 radical (unpaired) electrons. The fourth-order valence-corrected chi connectivity index (χ4v) is 13.5. The molecular weight excluding hydrogens is 721 g/mol. The third-order valence-corrected chi connectivity index (χ3v) is 15.7. The molecule has 2 fully saturated rings. The maximum atomic E-state index is 2.68. The summed E-state index contributed by atoms with van der Waals surface area (Å²) in [5, 5.41) is 2.69. The summed E-state index contributed by atoms with van der Waals surface area (Å²) in [6, 6.07) is 62.5. The molecule has 0 aliphatic heterocycles. The van der Waals surface area contributed by atoms with Gasteiger partial charge in [-0.25, -0.2) is 0 Å². The Morgan fingerprint density at radius 2 is 1.00 bits per heavy atom. The van der Waals surface area contributed by atoms with Gasteiger partial charge < -0.3 is 9.80 Å². The molecule has 0 saturated heterocycles. The standard InChI is InChI=1S/C55H48N2S/c1-4-16-37(17-5-1)45-24-10-12-26-48(45)57(43-22-8-3-9-23-43)50-28-15-19-39-35-41-31-30-40-34-38-18-14-27-49(53(38)55(40,41)54(39)50)56(42-20-6-2-7-21-42)44-32-33-47-46-25-11-13-29-51(46)58-52(47)36-44/h2-3,6-15,18-29,32-33,36-37,40-41H,1,4-5,16-17,30-31,34-35H2. The van der Waals surface area contributed by atoms with Crippen molar-refractivity contribution in [3.05, 3.63) is 192 Å². The SMILES string of the molecule is c1ccc(N(c2ccc3c(c2)sc2ccccc23)c2cccc3c2C24c5c(cccc5N(c5ccccc5)c5ccccc5C5CCCCC5)CC2CCC4C3)cc1. The second kappa shape index (κ2) is 13.7. The van der Waals surface area contributed by atoms with Crippen molar-refractivity contribution in [3.8, 4) is 0 Å². The van der Waals surface area contributed by atoms with E-state index in [1.807, 2.05) is 11.3 Å². The number of benzene rings is 7. The molecule has 284 valence electrons. The first kappa shape index (κ1) is 34.4. The molecule has 7 aromatic carbocycles. The van der Waals surface area contributed by atoms with Gasteiger partial charge in [-0.05, 0) is 145 Å². The molecule has 8 aromatic rings. The van der Waals surface area contributed by atoms with E-state index in [1.165, 1.54) is 110 Å². The Morgan fingerprint density at radius 1 is 0.431 bits per heavy atom. The van der Waals surface area contributed by atoms with Gasteiger partial charge in [0.05, 0.1) is 11.4 Å². The lowest BCUT2D eigenvalue weighted by Crippen LogP contribution is -2.34. The summed E-state index contributed by atoms with van der Waals surface area (Å²) in [5.74, 6) is 1.71. The van der Waals surface area contributed by atoms with Crippen LogP contribution in [0, 0.1) is 11.8 Å². The lowest BCUT2D eigenvalue weighted by molar-refractivity contribution is 0.350. The Balaban J connectivity index is 1.10. The number of hydrogen-bond donors (Lipinski definition) is 0. The summed E-state index contributed by atoms with van der Waals surface area (Å²) >= 11 is 1.91. The Morgan fingerprint density at radius 3 is 1.71 bits per heavy atom. The second-order valence-electron chi connectivity index (χ2n) is 17.4. The highest BCUT2D eigenvalue weighted by atomic mass is 32.1. The van der Waals surface area contributed by atoms with E-state index >= 15 is 0 Å². The third-order valence-electron chi connectivity index (χ3n) is 14.5. The molecule has 4 aliphatic carbocycles. The molecule has 2 saturated carbocycles. The fourth-order valence-electron chi connectivity index (χ4n) is 12.3. The maximum absolute atomic E-state index is 2.68. The smallest absolute Gasteiger partial charge is 0.0505 e. The van der Waals surface area contributed by atoms with E-state index in [2.05, 4.69) is 174 Å². The average Bonchev–Trinajstić information content (AvgIpc) is 4.02. The Labute approximate surface area is 346 Å². The van der Waals surface area contributed by atoms with Gasteiger partial charge in [-0.3, -0.25) is 0 Å². The van der Waals surface area contributed by atoms with E-state index < -0.39 is 0 Å². The van der Waals surface area contributed by atoms with Crippen molar-refractivity contribution < 1.29 is 0 Å².